The summed E-state index contributed by atoms with van der Waals surface area (Å²) in [5.41, 5.74) is 2.61. The van der Waals surface area contributed by atoms with E-state index in [1.54, 1.807) is 13.0 Å². The van der Waals surface area contributed by atoms with E-state index in [0.29, 0.717) is 23.3 Å². The highest BCUT2D eigenvalue weighted by molar-refractivity contribution is 5.85. The molecule has 1 aromatic heterocycles. The molecule has 0 aliphatic carbocycles. The Morgan fingerprint density at radius 3 is 3.00 bits per heavy atom. The fourth-order valence-corrected chi connectivity index (χ4v) is 2.38. The minimum Gasteiger partial charge on any atom is -0.508 e. The molecule has 0 atom stereocenters. The van der Waals surface area contributed by atoms with Crippen LogP contribution in [0.3, 0.4) is 0 Å². The van der Waals surface area contributed by atoms with Crippen LogP contribution in [0.15, 0.2) is 21.3 Å². The maximum absolute atomic E-state index is 11.9. The molecule has 0 unspecified atom stereocenters. The summed E-state index contributed by atoms with van der Waals surface area (Å²) in [5, 5.41) is 13.7. The average molecular weight is 231 g/mol. The molecule has 0 saturated carbocycles. The molecule has 2 N–H and O–H groups in total. The van der Waals surface area contributed by atoms with E-state index in [9.17, 15) is 9.90 Å². The van der Waals surface area contributed by atoms with E-state index >= 15 is 0 Å². The van der Waals surface area contributed by atoms with Gasteiger partial charge in [-0.25, -0.2) is 4.79 Å². The van der Waals surface area contributed by atoms with Crippen molar-refractivity contribution in [3.8, 4) is 5.75 Å². The zero-order valence-electron chi connectivity index (χ0n) is 9.54. The minimum atomic E-state index is -0.298. The van der Waals surface area contributed by atoms with Crippen molar-refractivity contribution in [2.75, 3.05) is 6.54 Å². The lowest BCUT2D eigenvalue weighted by Gasteiger charge is -2.17. The van der Waals surface area contributed by atoms with Gasteiger partial charge in [0.05, 0.1) is 5.56 Å². The Bertz CT molecular complexity index is 658. The summed E-state index contributed by atoms with van der Waals surface area (Å²) in [6.07, 6.45) is 0.821. The Hall–Kier alpha value is -1.81. The molecule has 0 amide bonds. The molecule has 0 fully saturated rings. The standard InChI is InChI=1S/C13H13NO3/c1-7-11(15)3-2-9-8-4-5-14-6-10(8)13(16)17-12(7)9/h2-3,14-15H,4-6H2,1H3. The van der Waals surface area contributed by atoms with Crippen LogP contribution in [0.2, 0.25) is 0 Å². The normalized spacial score (nSPS) is 14.9. The van der Waals surface area contributed by atoms with E-state index in [4.69, 9.17) is 4.42 Å². The summed E-state index contributed by atoms with van der Waals surface area (Å²) in [6, 6.07) is 3.48. The van der Waals surface area contributed by atoms with Gasteiger partial charge in [0.25, 0.3) is 0 Å². The van der Waals surface area contributed by atoms with Gasteiger partial charge in [-0.1, -0.05) is 0 Å². The highest BCUT2D eigenvalue weighted by atomic mass is 16.4. The van der Waals surface area contributed by atoms with Gasteiger partial charge in [0.2, 0.25) is 0 Å². The summed E-state index contributed by atoms with van der Waals surface area (Å²) >= 11 is 0. The number of benzene rings is 1. The predicted molar refractivity (Wildman–Crippen MR) is 64.3 cm³/mol. The molecule has 0 spiro atoms. The number of aryl methyl sites for hydroxylation is 1. The van der Waals surface area contributed by atoms with Gasteiger partial charge in [-0.15, -0.1) is 0 Å². The molecule has 2 aromatic rings. The van der Waals surface area contributed by atoms with Gasteiger partial charge in [-0.2, -0.15) is 0 Å². The van der Waals surface area contributed by atoms with Crippen LogP contribution in [0, 0.1) is 6.92 Å². The van der Waals surface area contributed by atoms with Gasteiger partial charge >= 0.3 is 5.63 Å². The first-order valence-electron chi connectivity index (χ1n) is 5.66. The van der Waals surface area contributed by atoms with Crippen molar-refractivity contribution < 1.29 is 9.52 Å². The number of hydrogen-bond acceptors (Lipinski definition) is 4. The zero-order chi connectivity index (χ0) is 12.0. The maximum Gasteiger partial charge on any atom is 0.341 e. The van der Waals surface area contributed by atoms with Crippen molar-refractivity contribution in [3.05, 3.63) is 39.2 Å². The van der Waals surface area contributed by atoms with Crippen molar-refractivity contribution in [2.45, 2.75) is 19.9 Å². The van der Waals surface area contributed by atoms with Crippen molar-refractivity contribution in [3.63, 3.8) is 0 Å². The van der Waals surface area contributed by atoms with Crippen molar-refractivity contribution in [1.82, 2.24) is 5.32 Å². The third kappa shape index (κ3) is 1.45. The maximum atomic E-state index is 11.9. The molecule has 0 bridgehead atoms. The molecule has 1 aliphatic heterocycles. The van der Waals surface area contributed by atoms with E-state index in [1.807, 2.05) is 6.07 Å². The Morgan fingerprint density at radius 1 is 1.35 bits per heavy atom. The summed E-state index contributed by atoms with van der Waals surface area (Å²) in [6.45, 7) is 3.19. The molecular weight excluding hydrogens is 218 g/mol. The van der Waals surface area contributed by atoms with Crippen LogP contribution >= 0.6 is 0 Å². The highest BCUT2D eigenvalue weighted by Gasteiger charge is 2.19. The van der Waals surface area contributed by atoms with Crippen LogP contribution in [0.1, 0.15) is 16.7 Å². The second-order valence-electron chi connectivity index (χ2n) is 4.36. The Balaban J connectivity index is 2.46. The quantitative estimate of drug-likeness (QED) is 0.674. The molecule has 0 radical (unpaired) electrons. The van der Waals surface area contributed by atoms with Crippen molar-refractivity contribution >= 4 is 11.0 Å². The molecule has 4 heteroatoms. The lowest BCUT2D eigenvalue weighted by Crippen LogP contribution is -2.29. The number of aromatic hydroxyl groups is 1. The van der Waals surface area contributed by atoms with E-state index in [1.165, 1.54) is 0 Å². The molecule has 1 aliphatic rings. The van der Waals surface area contributed by atoms with Crippen LogP contribution in [0.5, 0.6) is 5.75 Å². The largest absolute Gasteiger partial charge is 0.508 e. The summed E-state index contributed by atoms with van der Waals surface area (Å²) in [5.74, 6) is 0.162. The van der Waals surface area contributed by atoms with Gasteiger partial charge in [-0.05, 0) is 37.6 Å². The Kier molecular flexibility index (Phi) is 2.19. The number of rotatable bonds is 0. The average Bonchev–Trinajstić information content (AvgIpc) is 2.35. The molecule has 1 aromatic carbocycles. The SMILES string of the molecule is Cc1c(O)ccc2c3c(c(=O)oc12)CNCC3. The molecule has 4 nitrogen and oxygen atoms in total. The number of phenols is 1. The molecule has 0 saturated heterocycles. The lowest BCUT2D eigenvalue weighted by atomic mass is 9.97. The van der Waals surface area contributed by atoms with Gasteiger partial charge in [0.15, 0.2) is 0 Å². The number of hydrogen-bond donors (Lipinski definition) is 2. The van der Waals surface area contributed by atoms with Crippen molar-refractivity contribution in [1.29, 1.82) is 0 Å². The zero-order valence-corrected chi connectivity index (χ0v) is 9.54. The smallest absolute Gasteiger partial charge is 0.341 e. The van der Waals surface area contributed by atoms with E-state index in [2.05, 4.69) is 5.32 Å². The van der Waals surface area contributed by atoms with Crippen LogP contribution in [-0.4, -0.2) is 11.7 Å². The first-order valence-corrected chi connectivity index (χ1v) is 5.66. The molecular formula is C13H13NO3. The third-order valence-electron chi connectivity index (χ3n) is 3.36. The molecule has 88 valence electrons. The van der Waals surface area contributed by atoms with Gasteiger partial charge in [0, 0.05) is 17.5 Å². The van der Waals surface area contributed by atoms with Crippen LogP contribution in [-0.2, 0) is 13.0 Å². The summed E-state index contributed by atoms with van der Waals surface area (Å²) in [4.78, 5) is 11.9. The molecule has 17 heavy (non-hydrogen) atoms. The monoisotopic (exact) mass is 231 g/mol. The van der Waals surface area contributed by atoms with E-state index in [0.717, 1.165) is 23.9 Å². The first kappa shape index (κ1) is 10.4. The number of phenolic OH excluding ortho intramolecular Hbond substituents is 1. The fraction of sp³-hybridized carbons (Fsp3) is 0.308. The highest BCUT2D eigenvalue weighted by Crippen LogP contribution is 2.29. The lowest BCUT2D eigenvalue weighted by molar-refractivity contribution is 0.467. The summed E-state index contributed by atoms with van der Waals surface area (Å²) < 4.78 is 5.32. The van der Waals surface area contributed by atoms with Gasteiger partial charge < -0.3 is 14.8 Å². The summed E-state index contributed by atoms with van der Waals surface area (Å²) in [7, 11) is 0. The number of nitrogens with one attached hydrogen (secondary N) is 1. The van der Waals surface area contributed by atoms with E-state index < -0.39 is 0 Å². The predicted octanol–water partition coefficient (Wildman–Crippen LogP) is 1.45. The van der Waals surface area contributed by atoms with Crippen LogP contribution < -0.4 is 10.9 Å². The van der Waals surface area contributed by atoms with Gasteiger partial charge in [0.1, 0.15) is 11.3 Å². The Morgan fingerprint density at radius 2 is 2.18 bits per heavy atom. The second kappa shape index (κ2) is 3.60. The van der Waals surface area contributed by atoms with Gasteiger partial charge in [-0.3, -0.25) is 0 Å². The van der Waals surface area contributed by atoms with E-state index in [-0.39, 0.29) is 11.4 Å². The third-order valence-corrected chi connectivity index (χ3v) is 3.36. The number of fused-ring (bicyclic) bond motifs is 3. The topological polar surface area (TPSA) is 62.5 Å². The Labute approximate surface area is 97.9 Å². The van der Waals surface area contributed by atoms with Crippen molar-refractivity contribution in [2.24, 2.45) is 0 Å². The minimum absolute atomic E-state index is 0.162. The fourth-order valence-electron chi connectivity index (χ4n) is 2.38. The van der Waals surface area contributed by atoms with Crippen LogP contribution in [0.25, 0.3) is 11.0 Å². The second-order valence-corrected chi connectivity index (χ2v) is 4.36. The van der Waals surface area contributed by atoms with Crippen LogP contribution in [0.4, 0.5) is 0 Å². The first-order chi connectivity index (χ1) is 8.18. The molecule has 2 heterocycles. The molecule has 3 rings (SSSR count).